The Morgan fingerprint density at radius 1 is 1.31 bits per heavy atom. The van der Waals surface area contributed by atoms with Crippen molar-refractivity contribution in [1.82, 2.24) is 20.0 Å². The van der Waals surface area contributed by atoms with E-state index in [1.165, 1.54) is 0 Å². The van der Waals surface area contributed by atoms with Crippen LogP contribution in [-0.2, 0) is 27.3 Å². The summed E-state index contributed by atoms with van der Waals surface area (Å²) in [6, 6.07) is 0. The Bertz CT molecular complexity index is 817. The van der Waals surface area contributed by atoms with E-state index in [0.29, 0.717) is 38.5 Å². The summed E-state index contributed by atoms with van der Waals surface area (Å²) in [5.74, 6) is 1.74. The lowest BCUT2D eigenvalue weighted by Crippen LogP contribution is -2.40. The van der Waals surface area contributed by atoms with Gasteiger partial charge in [0.2, 0.25) is 5.91 Å². The topological polar surface area (TPSA) is 90.6 Å². The standard InChI is InChI=1S/C21H30N4O4/c1-14-19(15(2)29-24-14)10-20(26)25-7-5-6-17(12-25)21-18(11-22-16(3)23-21)13-28-9-8-27-4/h11,17H,5-10,12-13H2,1-4H3. The fourth-order valence-electron chi connectivity index (χ4n) is 3.75. The predicted molar refractivity (Wildman–Crippen MR) is 107 cm³/mol. The van der Waals surface area contributed by atoms with E-state index in [2.05, 4.69) is 10.1 Å². The zero-order valence-corrected chi connectivity index (χ0v) is 17.7. The van der Waals surface area contributed by atoms with Gasteiger partial charge < -0.3 is 18.9 Å². The van der Waals surface area contributed by atoms with Crippen molar-refractivity contribution < 1.29 is 18.8 Å². The second kappa shape index (κ2) is 9.93. The molecule has 0 N–H and O–H groups in total. The van der Waals surface area contributed by atoms with E-state index < -0.39 is 0 Å². The van der Waals surface area contributed by atoms with Crippen LogP contribution in [0.4, 0.5) is 0 Å². The molecule has 1 fully saturated rings. The summed E-state index contributed by atoms with van der Waals surface area (Å²) >= 11 is 0. The number of hydrogen-bond acceptors (Lipinski definition) is 7. The van der Waals surface area contributed by atoms with Crippen LogP contribution in [0.2, 0.25) is 0 Å². The van der Waals surface area contributed by atoms with Gasteiger partial charge in [-0.25, -0.2) is 9.97 Å². The maximum atomic E-state index is 12.9. The van der Waals surface area contributed by atoms with Crippen LogP contribution >= 0.6 is 0 Å². The van der Waals surface area contributed by atoms with Crippen LogP contribution in [0.5, 0.6) is 0 Å². The van der Waals surface area contributed by atoms with E-state index in [-0.39, 0.29) is 11.8 Å². The van der Waals surface area contributed by atoms with Crippen molar-refractivity contribution in [2.45, 2.75) is 52.6 Å². The van der Waals surface area contributed by atoms with Crippen molar-refractivity contribution >= 4 is 5.91 Å². The average Bonchev–Trinajstić information content (AvgIpc) is 3.04. The van der Waals surface area contributed by atoms with Gasteiger partial charge in [-0.3, -0.25) is 4.79 Å². The fourth-order valence-corrected chi connectivity index (χ4v) is 3.75. The van der Waals surface area contributed by atoms with Crippen LogP contribution in [0.15, 0.2) is 10.7 Å². The lowest BCUT2D eigenvalue weighted by Gasteiger charge is -2.33. The summed E-state index contributed by atoms with van der Waals surface area (Å²) in [4.78, 5) is 23.9. The number of aromatic nitrogens is 3. The molecule has 0 aliphatic carbocycles. The highest BCUT2D eigenvalue weighted by molar-refractivity contribution is 5.79. The molecule has 158 valence electrons. The van der Waals surface area contributed by atoms with Crippen molar-refractivity contribution in [2.24, 2.45) is 0 Å². The van der Waals surface area contributed by atoms with Crippen LogP contribution < -0.4 is 0 Å². The van der Waals surface area contributed by atoms with Crippen LogP contribution in [0.3, 0.4) is 0 Å². The average molecular weight is 402 g/mol. The van der Waals surface area contributed by atoms with Crippen molar-refractivity contribution in [2.75, 3.05) is 33.4 Å². The first-order valence-electron chi connectivity index (χ1n) is 10.1. The van der Waals surface area contributed by atoms with Gasteiger partial charge in [0.15, 0.2) is 0 Å². The molecule has 0 aromatic carbocycles. The Morgan fingerprint density at radius 2 is 2.14 bits per heavy atom. The van der Waals surface area contributed by atoms with E-state index in [4.69, 9.17) is 19.0 Å². The molecule has 3 rings (SSSR count). The van der Waals surface area contributed by atoms with Gasteiger partial charge in [-0.15, -0.1) is 0 Å². The molecule has 2 aromatic rings. The molecule has 1 atom stereocenters. The molecule has 8 nitrogen and oxygen atoms in total. The molecule has 0 bridgehead atoms. The molecule has 3 heterocycles. The molecular weight excluding hydrogens is 372 g/mol. The molecule has 1 saturated heterocycles. The Balaban J connectivity index is 1.70. The molecule has 0 radical (unpaired) electrons. The lowest BCUT2D eigenvalue weighted by molar-refractivity contribution is -0.131. The molecule has 1 aliphatic heterocycles. The van der Waals surface area contributed by atoms with Crippen LogP contribution in [-0.4, -0.2) is 59.3 Å². The molecular formula is C21H30N4O4. The third-order valence-electron chi connectivity index (χ3n) is 5.38. The quantitative estimate of drug-likeness (QED) is 0.627. The zero-order chi connectivity index (χ0) is 20.8. The first-order chi connectivity index (χ1) is 14.0. The summed E-state index contributed by atoms with van der Waals surface area (Å²) < 4.78 is 15.9. The van der Waals surface area contributed by atoms with Crippen molar-refractivity contribution in [3.05, 3.63) is 40.3 Å². The highest BCUT2D eigenvalue weighted by Crippen LogP contribution is 2.29. The molecule has 29 heavy (non-hydrogen) atoms. The van der Waals surface area contributed by atoms with Gasteiger partial charge in [0.25, 0.3) is 0 Å². The summed E-state index contributed by atoms with van der Waals surface area (Å²) in [6.45, 7) is 8.56. The number of rotatable bonds is 8. The minimum atomic E-state index is 0.104. The summed E-state index contributed by atoms with van der Waals surface area (Å²) in [5, 5.41) is 3.95. The third-order valence-corrected chi connectivity index (χ3v) is 5.38. The molecule has 0 spiro atoms. The maximum Gasteiger partial charge on any atom is 0.227 e. The van der Waals surface area contributed by atoms with Crippen LogP contribution in [0.1, 0.15) is 52.9 Å². The third kappa shape index (κ3) is 5.39. The number of likely N-dealkylation sites (tertiary alicyclic amines) is 1. The molecule has 1 amide bonds. The largest absolute Gasteiger partial charge is 0.382 e. The first-order valence-corrected chi connectivity index (χ1v) is 10.1. The molecule has 1 aliphatic rings. The molecule has 2 aromatic heterocycles. The fraction of sp³-hybridized carbons (Fsp3) is 0.619. The Labute approximate surface area is 171 Å². The normalized spacial score (nSPS) is 17.0. The number of piperidine rings is 1. The highest BCUT2D eigenvalue weighted by atomic mass is 16.5. The van der Waals surface area contributed by atoms with Gasteiger partial charge >= 0.3 is 0 Å². The zero-order valence-electron chi connectivity index (χ0n) is 17.7. The summed E-state index contributed by atoms with van der Waals surface area (Å²) in [5.41, 5.74) is 3.65. The Hall–Kier alpha value is -2.32. The Morgan fingerprint density at radius 3 is 2.86 bits per heavy atom. The smallest absolute Gasteiger partial charge is 0.227 e. The molecule has 1 unspecified atom stereocenters. The van der Waals surface area contributed by atoms with Gasteiger partial charge in [0.1, 0.15) is 11.6 Å². The highest BCUT2D eigenvalue weighted by Gasteiger charge is 2.28. The number of hydrogen-bond donors (Lipinski definition) is 0. The van der Waals surface area contributed by atoms with Gasteiger partial charge in [-0.05, 0) is 33.6 Å². The van der Waals surface area contributed by atoms with Crippen molar-refractivity contribution in [1.29, 1.82) is 0 Å². The number of amides is 1. The number of carbonyl (C=O) groups excluding carboxylic acids is 1. The minimum Gasteiger partial charge on any atom is -0.382 e. The summed E-state index contributed by atoms with van der Waals surface area (Å²) in [7, 11) is 1.65. The molecule has 8 heteroatoms. The SMILES string of the molecule is COCCOCc1cnc(C)nc1C1CCCN(C(=O)Cc2c(C)noc2C)C1. The Kier molecular flexibility index (Phi) is 7.33. The number of nitrogens with zero attached hydrogens (tertiary/aromatic N) is 4. The van der Waals surface area contributed by atoms with E-state index in [9.17, 15) is 4.79 Å². The van der Waals surface area contributed by atoms with E-state index in [1.807, 2.05) is 31.9 Å². The van der Waals surface area contributed by atoms with Gasteiger partial charge in [0, 0.05) is 43.4 Å². The number of carbonyl (C=O) groups is 1. The summed E-state index contributed by atoms with van der Waals surface area (Å²) in [6.07, 6.45) is 4.11. The monoisotopic (exact) mass is 402 g/mol. The van der Waals surface area contributed by atoms with E-state index >= 15 is 0 Å². The van der Waals surface area contributed by atoms with Gasteiger partial charge in [-0.2, -0.15) is 0 Å². The van der Waals surface area contributed by atoms with Crippen molar-refractivity contribution in [3.8, 4) is 0 Å². The van der Waals surface area contributed by atoms with Crippen molar-refractivity contribution in [3.63, 3.8) is 0 Å². The van der Waals surface area contributed by atoms with Gasteiger partial charge in [-0.1, -0.05) is 5.16 Å². The first kappa shape index (κ1) is 21.4. The maximum absolute atomic E-state index is 12.9. The van der Waals surface area contributed by atoms with E-state index in [1.54, 1.807) is 7.11 Å². The minimum absolute atomic E-state index is 0.104. The van der Waals surface area contributed by atoms with Crippen LogP contribution in [0, 0.1) is 20.8 Å². The lowest BCUT2D eigenvalue weighted by atomic mass is 9.91. The second-order valence-corrected chi connectivity index (χ2v) is 7.53. The van der Waals surface area contributed by atoms with E-state index in [0.717, 1.165) is 47.7 Å². The van der Waals surface area contributed by atoms with Gasteiger partial charge in [0.05, 0.1) is 37.6 Å². The number of ether oxygens (including phenoxy) is 2. The predicted octanol–water partition coefficient (Wildman–Crippen LogP) is 2.50. The number of methoxy groups -OCH3 is 1. The number of aryl methyl sites for hydroxylation is 3. The molecule has 0 saturated carbocycles. The second-order valence-electron chi connectivity index (χ2n) is 7.53. The van der Waals surface area contributed by atoms with Crippen LogP contribution in [0.25, 0.3) is 0 Å².